The zero-order valence-corrected chi connectivity index (χ0v) is 62.5. The monoisotopic (exact) mass is 1470 g/mol. The Morgan fingerprint density at radius 3 is 1.78 bits per heavy atom. The van der Waals surface area contributed by atoms with Crippen LogP contribution < -0.4 is 16.0 Å². The predicted octanol–water partition coefficient (Wildman–Crippen LogP) is 5.41. The second-order valence-electron chi connectivity index (χ2n) is 28.2. The van der Waals surface area contributed by atoms with E-state index in [1.54, 1.807) is 52.0 Å². The fourth-order valence-corrected chi connectivity index (χ4v) is 13.6. The third kappa shape index (κ3) is 19.6. The first-order valence-electron chi connectivity index (χ1n) is 34.8. The number of aryl methyl sites for hydroxylation is 2. The number of hydrogen-bond acceptors (Lipinski definition) is 12. The van der Waals surface area contributed by atoms with Crippen LogP contribution >= 0.6 is 11.6 Å². The highest BCUT2D eigenvalue weighted by molar-refractivity contribution is 6.31. The number of nitrogens with one attached hydrogen (secondary N) is 3. The maximum Gasteiger partial charge on any atom is 0.417 e. The van der Waals surface area contributed by atoms with Crippen LogP contribution in [0.1, 0.15) is 127 Å². The van der Waals surface area contributed by atoms with Gasteiger partial charge in [-0.3, -0.25) is 57.5 Å². The van der Waals surface area contributed by atoms with Crippen molar-refractivity contribution in [3.63, 3.8) is 0 Å². The van der Waals surface area contributed by atoms with Gasteiger partial charge < -0.3 is 60.0 Å². The minimum atomic E-state index is -4.84. The summed E-state index contributed by atoms with van der Waals surface area (Å²) in [5.41, 5.74) is -1.33. The Hall–Kier alpha value is -8.76. The number of rotatable bonds is 12. The first kappa shape index (κ1) is 83.2. The molecule has 3 aromatic carbocycles. The van der Waals surface area contributed by atoms with E-state index in [9.17, 15) is 51.1 Å². The number of benzene rings is 3. The highest BCUT2D eigenvalue weighted by atomic mass is 35.5. The summed E-state index contributed by atoms with van der Waals surface area (Å²) < 4.78 is 71.6. The summed E-state index contributed by atoms with van der Waals surface area (Å²) in [6.07, 6.45) is -5.33. The molecule has 0 aromatic heterocycles. The van der Waals surface area contributed by atoms with Gasteiger partial charge in [0.25, 0.3) is 0 Å². The first-order chi connectivity index (χ1) is 48.1. The largest absolute Gasteiger partial charge is 0.417 e. The van der Waals surface area contributed by atoms with Crippen LogP contribution in [0.5, 0.6) is 0 Å². The molecular weight excluding hydrogens is 1370 g/mol. The molecule has 1 unspecified atom stereocenters. The molecule has 103 heavy (non-hydrogen) atoms. The van der Waals surface area contributed by atoms with Gasteiger partial charge in [0.05, 0.1) is 23.6 Å². The van der Waals surface area contributed by atoms with Crippen molar-refractivity contribution in [2.45, 2.75) is 192 Å². The number of fused-ring (bicyclic) bond motifs is 1. The quantitative estimate of drug-likeness (QED) is 0.192. The Bertz CT molecular complexity index is 3650. The Labute approximate surface area is 604 Å². The van der Waals surface area contributed by atoms with Crippen molar-refractivity contribution in [3.05, 3.63) is 105 Å². The molecule has 2 heterocycles. The zero-order valence-electron chi connectivity index (χ0n) is 61.7. The number of likely N-dealkylation sites (N-methyl/N-ethyl adjacent to an activating group) is 8. The fourth-order valence-electron chi connectivity index (χ4n) is 13.3. The molecular formula is C73H100ClF5N12O12. The number of nitrogens with zero attached hydrogens (tertiary/aromatic N) is 9. The summed E-state index contributed by atoms with van der Waals surface area (Å²) in [7, 11) is 12.0. The lowest BCUT2D eigenvalue weighted by molar-refractivity contribution is -0.160. The summed E-state index contributed by atoms with van der Waals surface area (Å²) in [5.74, 6) is -13.3. The van der Waals surface area contributed by atoms with Crippen LogP contribution in [-0.2, 0) is 83.0 Å². The molecule has 566 valence electrons. The lowest BCUT2D eigenvalue weighted by atomic mass is 9.90. The van der Waals surface area contributed by atoms with Crippen molar-refractivity contribution in [2.24, 2.45) is 11.8 Å². The van der Waals surface area contributed by atoms with Crippen LogP contribution in [0.3, 0.4) is 0 Å². The number of halogens is 6. The molecule has 3 N–H and O–H groups in total. The van der Waals surface area contributed by atoms with Gasteiger partial charge in [-0.1, -0.05) is 107 Å². The van der Waals surface area contributed by atoms with E-state index < -0.39 is 197 Å². The van der Waals surface area contributed by atoms with Gasteiger partial charge in [0, 0.05) is 82.8 Å². The molecule has 11 atom stereocenters. The SMILES string of the molecule is CC[C@H](C)[C@@H]1NC(=O)[C@H](C)N(C)C(=O)C[C@@H](C(=O)N(C)C)N(C)C(=O)[C@H]([C@@H](C)CC)N(C)C(=O)C2(CCCC2)NC(=O)[C@H](Cc2ccc(F)c(F)c2)N(C)C(=O)[C@H](CCc2ccc(C(F)(F)F)c(Cl)c2)NC(=O)CN(C)C(=O)[C@H](Cc2ccc(C)cc2)N(C)C(=O)C2CCN2C(=O)[C@H](C)N(C)C1=O. The molecule has 12 amide bonds. The van der Waals surface area contributed by atoms with Gasteiger partial charge in [-0.2, -0.15) is 13.2 Å². The van der Waals surface area contributed by atoms with Crippen LogP contribution in [0, 0.1) is 30.4 Å². The van der Waals surface area contributed by atoms with Gasteiger partial charge in [-0.15, -0.1) is 0 Å². The third-order valence-electron chi connectivity index (χ3n) is 20.9. The Balaban J connectivity index is 1.49. The maximum atomic E-state index is 15.6. The van der Waals surface area contributed by atoms with Crippen molar-refractivity contribution in [2.75, 3.05) is 76.5 Å². The number of hydrogen-bond donors (Lipinski definition) is 3. The van der Waals surface area contributed by atoms with Crippen LogP contribution in [0.2, 0.25) is 5.02 Å². The molecule has 2 aliphatic heterocycles. The number of alkyl halides is 3. The van der Waals surface area contributed by atoms with Crippen molar-refractivity contribution in [1.82, 2.24) is 60.0 Å². The van der Waals surface area contributed by atoms with Crippen molar-refractivity contribution in [1.29, 1.82) is 0 Å². The molecule has 0 radical (unpaired) electrons. The maximum absolute atomic E-state index is 15.6. The van der Waals surface area contributed by atoms with Gasteiger partial charge >= 0.3 is 6.18 Å². The van der Waals surface area contributed by atoms with Crippen LogP contribution in [0.15, 0.2) is 60.7 Å². The van der Waals surface area contributed by atoms with Gasteiger partial charge in [0.2, 0.25) is 70.9 Å². The molecule has 3 aromatic rings. The lowest BCUT2D eigenvalue weighted by Crippen LogP contribution is -2.65. The average Bonchev–Trinajstić information content (AvgIpc) is 1.76. The molecule has 24 nitrogen and oxygen atoms in total. The van der Waals surface area contributed by atoms with Gasteiger partial charge in [0.1, 0.15) is 59.9 Å². The highest BCUT2D eigenvalue weighted by Crippen LogP contribution is 2.37. The highest BCUT2D eigenvalue weighted by Gasteiger charge is 2.51. The summed E-state index contributed by atoms with van der Waals surface area (Å²) >= 11 is 6.15. The molecule has 3 aliphatic rings. The minimum absolute atomic E-state index is 0.0132. The summed E-state index contributed by atoms with van der Waals surface area (Å²) in [5, 5.41) is 7.64. The van der Waals surface area contributed by atoms with Crippen LogP contribution in [-0.4, -0.2) is 251 Å². The minimum Gasteiger partial charge on any atom is -0.347 e. The molecule has 6 rings (SSSR count). The summed E-state index contributed by atoms with van der Waals surface area (Å²) in [4.78, 5) is 189. The molecule has 1 spiro atoms. The zero-order chi connectivity index (χ0) is 77.2. The van der Waals surface area contributed by atoms with E-state index >= 15 is 28.4 Å². The van der Waals surface area contributed by atoms with E-state index in [0.717, 1.165) is 65.3 Å². The van der Waals surface area contributed by atoms with E-state index in [1.165, 1.54) is 98.0 Å². The summed E-state index contributed by atoms with van der Waals surface area (Å²) in [6.45, 7) is 10.9. The molecule has 0 bridgehead atoms. The third-order valence-corrected chi connectivity index (χ3v) is 21.3. The Morgan fingerprint density at radius 1 is 0.641 bits per heavy atom. The van der Waals surface area contributed by atoms with Gasteiger partial charge in [-0.25, -0.2) is 8.78 Å². The van der Waals surface area contributed by atoms with Crippen molar-refractivity contribution in [3.8, 4) is 0 Å². The van der Waals surface area contributed by atoms with Crippen LogP contribution in [0.4, 0.5) is 22.0 Å². The van der Waals surface area contributed by atoms with Crippen molar-refractivity contribution < 1.29 is 79.5 Å². The lowest BCUT2D eigenvalue weighted by Gasteiger charge is -2.45. The first-order valence-corrected chi connectivity index (χ1v) is 35.1. The van der Waals surface area contributed by atoms with Gasteiger partial charge in [0.15, 0.2) is 11.6 Å². The topological polar surface area (TPSA) is 270 Å². The molecule has 2 saturated heterocycles. The summed E-state index contributed by atoms with van der Waals surface area (Å²) in [6, 6.07) is 0.154. The molecule has 1 aliphatic carbocycles. The van der Waals surface area contributed by atoms with E-state index in [0.29, 0.717) is 24.8 Å². The molecule has 30 heteroatoms. The van der Waals surface area contributed by atoms with E-state index in [-0.39, 0.29) is 56.2 Å². The number of carbonyl (C=O) groups excluding carboxylic acids is 12. The second-order valence-corrected chi connectivity index (χ2v) is 28.6. The number of carbonyl (C=O) groups is 12. The molecule has 3 fully saturated rings. The normalized spacial score (nSPS) is 25.0. The van der Waals surface area contributed by atoms with E-state index in [4.69, 9.17) is 11.6 Å². The Morgan fingerprint density at radius 2 is 1.22 bits per heavy atom. The van der Waals surface area contributed by atoms with Crippen molar-refractivity contribution >= 4 is 82.5 Å². The average molecular weight is 1470 g/mol. The standard InChI is InChI=1S/C73H100ClF5N12O12/c1-17-42(4)60-69(101)86(12)45(7)64(96)91-34-31-54(91)68(100)88(14)56(37-47-23-21-41(3)22-24-47)67(99)84(10)40-58(92)80-53(30-27-46-25-28-49(50(74)35-46)73(77,78)79)65(97)87(13)55(38-48-26-29-51(75)52(76)36-48)63(95)82-72(32-19-20-33-72)71(103)90(16)61(43(5)18-2)70(102)89(15)57(66(98)83(8)9)39-59(93)85(11)44(6)62(94)81-60/h21-26,28-29,35-36,42-45,53-57,60-61H,17-20,27,30-34,37-40H2,1-16H3,(H,80,92)(H,81,94)(H,82,95)/t42-,43-,44-,45-,53-,54?,55-,56-,57-,60-,61-/m0/s1. The van der Waals surface area contributed by atoms with E-state index in [2.05, 4.69) is 16.0 Å². The fraction of sp³-hybridized carbons (Fsp3) is 0.589. The number of amides is 12. The predicted molar refractivity (Wildman–Crippen MR) is 374 cm³/mol. The van der Waals surface area contributed by atoms with E-state index in [1.807, 2.05) is 6.92 Å². The van der Waals surface area contributed by atoms with Crippen LogP contribution in [0.25, 0.3) is 0 Å². The smallest absolute Gasteiger partial charge is 0.347 e. The second kappa shape index (κ2) is 35.1. The van der Waals surface area contributed by atoms with Gasteiger partial charge in [-0.05, 0) is 106 Å². The Kier molecular flexibility index (Phi) is 28.4. The molecule has 1 saturated carbocycles.